The number of hydrogen-bond acceptors (Lipinski definition) is 3. The van der Waals surface area contributed by atoms with E-state index in [9.17, 15) is 4.79 Å². The molecule has 2 rings (SSSR count). The summed E-state index contributed by atoms with van der Waals surface area (Å²) in [6.07, 6.45) is 1.18. The minimum Gasteiger partial charge on any atom is -0.298 e. The number of carbonyl (C=O) groups is 1. The van der Waals surface area contributed by atoms with Crippen molar-refractivity contribution in [1.29, 1.82) is 0 Å². The van der Waals surface area contributed by atoms with Gasteiger partial charge in [0.05, 0.1) is 6.04 Å². The van der Waals surface area contributed by atoms with Crippen LogP contribution in [0.1, 0.15) is 37.6 Å². The van der Waals surface area contributed by atoms with Gasteiger partial charge in [-0.05, 0) is 44.5 Å². The van der Waals surface area contributed by atoms with Gasteiger partial charge in [-0.1, -0.05) is 18.5 Å². The number of hydrogen-bond donors (Lipinski definition) is 0. The van der Waals surface area contributed by atoms with Gasteiger partial charge in [0, 0.05) is 42.8 Å². The van der Waals surface area contributed by atoms with Gasteiger partial charge in [0.1, 0.15) is 0 Å². The van der Waals surface area contributed by atoms with E-state index in [0.717, 1.165) is 31.7 Å². The monoisotopic (exact) mass is 308 g/mol. The van der Waals surface area contributed by atoms with Crippen LogP contribution in [0.5, 0.6) is 0 Å². The lowest BCUT2D eigenvalue weighted by atomic mass is 10.0. The molecule has 2 unspecified atom stereocenters. The second kappa shape index (κ2) is 7.39. The zero-order valence-corrected chi connectivity index (χ0v) is 13.9. The quantitative estimate of drug-likeness (QED) is 0.780. The first-order valence-corrected chi connectivity index (χ1v) is 8.18. The first-order valence-electron chi connectivity index (χ1n) is 7.80. The third-order valence-corrected chi connectivity index (χ3v) is 4.87. The van der Waals surface area contributed by atoms with Gasteiger partial charge in [-0.2, -0.15) is 0 Å². The first kappa shape index (κ1) is 16.5. The van der Waals surface area contributed by atoms with E-state index in [0.29, 0.717) is 11.1 Å². The van der Waals surface area contributed by atoms with Gasteiger partial charge in [0.2, 0.25) is 0 Å². The number of halogens is 1. The van der Waals surface area contributed by atoms with E-state index in [1.54, 1.807) is 12.1 Å². The number of rotatable bonds is 5. The van der Waals surface area contributed by atoms with Crippen molar-refractivity contribution in [3.8, 4) is 0 Å². The minimum atomic E-state index is -0.0646. The highest BCUT2D eigenvalue weighted by Gasteiger charge is 2.27. The van der Waals surface area contributed by atoms with Crippen LogP contribution >= 0.6 is 11.6 Å². The summed E-state index contributed by atoms with van der Waals surface area (Å²) in [6, 6.07) is 7.76. The predicted octanol–water partition coefficient (Wildman–Crippen LogP) is 3.33. The van der Waals surface area contributed by atoms with Crippen LogP contribution in [-0.2, 0) is 0 Å². The van der Waals surface area contributed by atoms with Gasteiger partial charge in [0.15, 0.2) is 5.78 Å². The standard InChI is InChI=1S/C17H25ClN2O/c1-4-13(2)19-9-11-20(12-10-19)14(3)17(21)15-5-7-16(18)8-6-15/h5-8,13-14H,4,9-12H2,1-3H3. The molecule has 3 nitrogen and oxygen atoms in total. The number of Topliss-reactive ketones (excluding diaryl/α,β-unsaturated/α-hetero) is 1. The molecule has 21 heavy (non-hydrogen) atoms. The molecule has 1 heterocycles. The van der Waals surface area contributed by atoms with Crippen LogP contribution in [0.3, 0.4) is 0 Å². The highest BCUT2D eigenvalue weighted by atomic mass is 35.5. The van der Waals surface area contributed by atoms with Crippen molar-refractivity contribution in [2.45, 2.75) is 39.3 Å². The molecule has 0 aliphatic carbocycles. The molecule has 0 bridgehead atoms. The average Bonchev–Trinajstić information content (AvgIpc) is 2.53. The number of nitrogens with zero attached hydrogens (tertiary/aromatic N) is 2. The summed E-state index contributed by atoms with van der Waals surface area (Å²) in [5.74, 6) is 0.184. The Morgan fingerprint density at radius 2 is 1.62 bits per heavy atom. The smallest absolute Gasteiger partial charge is 0.179 e. The average molecular weight is 309 g/mol. The lowest BCUT2D eigenvalue weighted by molar-refractivity contribution is 0.0613. The highest BCUT2D eigenvalue weighted by molar-refractivity contribution is 6.30. The predicted molar refractivity (Wildman–Crippen MR) is 88.1 cm³/mol. The second-order valence-corrected chi connectivity index (χ2v) is 6.31. The highest BCUT2D eigenvalue weighted by Crippen LogP contribution is 2.16. The van der Waals surface area contributed by atoms with Crippen molar-refractivity contribution >= 4 is 17.4 Å². The van der Waals surface area contributed by atoms with Crippen LogP contribution in [0.25, 0.3) is 0 Å². The van der Waals surface area contributed by atoms with Crippen molar-refractivity contribution < 1.29 is 4.79 Å². The summed E-state index contributed by atoms with van der Waals surface area (Å²) in [5.41, 5.74) is 0.747. The lowest BCUT2D eigenvalue weighted by Gasteiger charge is -2.40. The van der Waals surface area contributed by atoms with Gasteiger partial charge in [-0.3, -0.25) is 14.6 Å². The molecular formula is C17H25ClN2O. The van der Waals surface area contributed by atoms with Crippen LogP contribution in [-0.4, -0.2) is 53.8 Å². The molecule has 2 atom stereocenters. The maximum Gasteiger partial charge on any atom is 0.179 e. The fourth-order valence-corrected chi connectivity index (χ4v) is 2.97. The zero-order valence-electron chi connectivity index (χ0n) is 13.2. The van der Waals surface area contributed by atoms with E-state index in [1.807, 2.05) is 19.1 Å². The molecule has 1 fully saturated rings. The number of carbonyl (C=O) groups excluding carboxylic acids is 1. The summed E-state index contributed by atoms with van der Waals surface area (Å²) in [7, 11) is 0. The van der Waals surface area contributed by atoms with E-state index in [1.165, 1.54) is 6.42 Å². The molecule has 1 aromatic rings. The Labute approximate surface area is 132 Å². The maximum atomic E-state index is 12.5. The van der Waals surface area contributed by atoms with Crippen LogP contribution in [0.15, 0.2) is 24.3 Å². The van der Waals surface area contributed by atoms with E-state index >= 15 is 0 Å². The SMILES string of the molecule is CCC(C)N1CCN(C(C)C(=O)c2ccc(Cl)cc2)CC1. The Morgan fingerprint density at radius 1 is 1.10 bits per heavy atom. The third kappa shape index (κ3) is 4.06. The minimum absolute atomic E-state index is 0.0646. The number of piperazine rings is 1. The molecule has 1 aliphatic heterocycles. The Morgan fingerprint density at radius 3 is 2.14 bits per heavy atom. The van der Waals surface area contributed by atoms with Gasteiger partial charge < -0.3 is 0 Å². The van der Waals surface area contributed by atoms with Gasteiger partial charge in [-0.15, -0.1) is 0 Å². The molecule has 0 radical (unpaired) electrons. The molecule has 0 N–H and O–H groups in total. The Hall–Kier alpha value is -0.900. The molecule has 4 heteroatoms. The summed E-state index contributed by atoms with van der Waals surface area (Å²) >= 11 is 5.88. The molecule has 1 aliphatic rings. The van der Waals surface area contributed by atoms with Gasteiger partial charge >= 0.3 is 0 Å². The van der Waals surface area contributed by atoms with Crippen LogP contribution in [0.2, 0.25) is 5.02 Å². The summed E-state index contributed by atoms with van der Waals surface area (Å²) in [5, 5.41) is 0.668. The summed E-state index contributed by atoms with van der Waals surface area (Å²) < 4.78 is 0. The summed E-state index contributed by atoms with van der Waals surface area (Å²) in [6.45, 7) is 10.5. The molecule has 0 saturated carbocycles. The largest absolute Gasteiger partial charge is 0.298 e. The van der Waals surface area contributed by atoms with E-state index < -0.39 is 0 Å². The van der Waals surface area contributed by atoms with E-state index in [-0.39, 0.29) is 11.8 Å². The van der Waals surface area contributed by atoms with Gasteiger partial charge in [-0.25, -0.2) is 0 Å². The number of benzene rings is 1. The lowest BCUT2D eigenvalue weighted by Crippen LogP contribution is -2.53. The fraction of sp³-hybridized carbons (Fsp3) is 0.588. The molecule has 1 saturated heterocycles. The topological polar surface area (TPSA) is 23.6 Å². The molecule has 1 aromatic carbocycles. The summed E-state index contributed by atoms with van der Waals surface area (Å²) in [4.78, 5) is 17.3. The van der Waals surface area contributed by atoms with E-state index in [2.05, 4.69) is 23.6 Å². The van der Waals surface area contributed by atoms with Crippen LogP contribution in [0, 0.1) is 0 Å². The normalized spacial score (nSPS) is 20.2. The first-order chi connectivity index (χ1) is 10.0. The molecule has 0 spiro atoms. The van der Waals surface area contributed by atoms with Crippen molar-refractivity contribution in [2.75, 3.05) is 26.2 Å². The van der Waals surface area contributed by atoms with Crippen LogP contribution < -0.4 is 0 Å². The molecular weight excluding hydrogens is 284 g/mol. The van der Waals surface area contributed by atoms with Crippen molar-refractivity contribution in [2.24, 2.45) is 0 Å². The third-order valence-electron chi connectivity index (χ3n) is 4.62. The second-order valence-electron chi connectivity index (χ2n) is 5.88. The van der Waals surface area contributed by atoms with Crippen molar-refractivity contribution in [1.82, 2.24) is 9.80 Å². The van der Waals surface area contributed by atoms with E-state index in [4.69, 9.17) is 11.6 Å². The molecule has 0 aromatic heterocycles. The molecule has 116 valence electrons. The fourth-order valence-electron chi connectivity index (χ4n) is 2.84. The Balaban J connectivity index is 1.93. The van der Waals surface area contributed by atoms with Crippen LogP contribution in [0.4, 0.5) is 0 Å². The maximum absolute atomic E-state index is 12.5. The zero-order chi connectivity index (χ0) is 15.4. The Kier molecular flexibility index (Phi) is 5.80. The van der Waals surface area contributed by atoms with Crippen molar-refractivity contribution in [3.05, 3.63) is 34.9 Å². The molecule has 0 amide bonds. The van der Waals surface area contributed by atoms with Crippen molar-refractivity contribution in [3.63, 3.8) is 0 Å². The number of ketones is 1. The van der Waals surface area contributed by atoms with Gasteiger partial charge in [0.25, 0.3) is 0 Å². The Bertz CT molecular complexity index is 466.